The highest BCUT2D eigenvalue weighted by Gasteiger charge is 2.23. The predicted molar refractivity (Wildman–Crippen MR) is 128 cm³/mol. The Kier molecular flexibility index (Phi) is 6.33. The highest BCUT2D eigenvalue weighted by atomic mass is 32.1. The molecule has 0 aliphatic rings. The summed E-state index contributed by atoms with van der Waals surface area (Å²) in [4.78, 5) is 20.3. The summed E-state index contributed by atoms with van der Waals surface area (Å²) in [6.07, 6.45) is 0. The van der Waals surface area contributed by atoms with Crippen LogP contribution in [0.1, 0.15) is 48.2 Å². The van der Waals surface area contributed by atoms with Crippen LogP contribution in [0.2, 0.25) is 0 Å². The quantitative estimate of drug-likeness (QED) is 0.329. The summed E-state index contributed by atoms with van der Waals surface area (Å²) in [7, 11) is 0. The summed E-state index contributed by atoms with van der Waals surface area (Å²) in [6, 6.07) is 23.6. The third-order valence-corrected chi connectivity index (χ3v) is 6.18. The smallest absolute Gasteiger partial charge is 0.260 e. The number of ether oxygens (including phenoxy) is 1. The van der Waals surface area contributed by atoms with E-state index in [4.69, 9.17) is 9.72 Å². The maximum Gasteiger partial charge on any atom is 0.260 e. The fraction of sp³-hybridized carbons (Fsp3) is 0.231. The second-order valence-electron chi connectivity index (χ2n) is 7.68. The van der Waals surface area contributed by atoms with Gasteiger partial charge in [0.15, 0.2) is 5.13 Å². The van der Waals surface area contributed by atoms with Crippen molar-refractivity contribution < 1.29 is 9.53 Å². The molecule has 0 unspecified atom stereocenters. The lowest BCUT2D eigenvalue weighted by Gasteiger charge is -2.20. The van der Waals surface area contributed by atoms with E-state index in [0.29, 0.717) is 29.8 Å². The third-order valence-electron chi connectivity index (χ3n) is 5.13. The van der Waals surface area contributed by atoms with Gasteiger partial charge in [-0.05, 0) is 54.3 Å². The zero-order valence-corrected chi connectivity index (χ0v) is 18.9. The Balaban J connectivity index is 1.75. The van der Waals surface area contributed by atoms with Crippen molar-refractivity contribution in [2.75, 3.05) is 11.5 Å². The van der Waals surface area contributed by atoms with Gasteiger partial charge in [-0.2, -0.15) is 0 Å². The summed E-state index contributed by atoms with van der Waals surface area (Å²) < 4.78 is 6.62. The van der Waals surface area contributed by atoms with Gasteiger partial charge >= 0.3 is 0 Å². The molecule has 4 aromatic rings. The second kappa shape index (κ2) is 9.31. The lowest BCUT2D eigenvalue weighted by atomic mass is 10.0. The molecule has 4 nitrogen and oxygen atoms in total. The van der Waals surface area contributed by atoms with E-state index in [1.54, 1.807) is 16.2 Å². The van der Waals surface area contributed by atoms with E-state index in [0.717, 1.165) is 21.5 Å². The Bertz CT molecular complexity index is 1170. The van der Waals surface area contributed by atoms with Crippen LogP contribution in [0.5, 0.6) is 5.75 Å². The van der Waals surface area contributed by atoms with Crippen LogP contribution >= 0.6 is 11.3 Å². The molecule has 0 aliphatic carbocycles. The molecule has 0 radical (unpaired) electrons. The van der Waals surface area contributed by atoms with E-state index in [-0.39, 0.29) is 5.91 Å². The summed E-state index contributed by atoms with van der Waals surface area (Å²) in [5.41, 5.74) is 3.86. The topological polar surface area (TPSA) is 42.4 Å². The van der Waals surface area contributed by atoms with E-state index in [2.05, 4.69) is 32.0 Å². The van der Waals surface area contributed by atoms with Gasteiger partial charge in [-0.3, -0.25) is 9.69 Å². The fourth-order valence-electron chi connectivity index (χ4n) is 3.55. The van der Waals surface area contributed by atoms with E-state index < -0.39 is 0 Å². The summed E-state index contributed by atoms with van der Waals surface area (Å²) in [5, 5.41) is 0.714. The van der Waals surface area contributed by atoms with Gasteiger partial charge in [0.25, 0.3) is 5.91 Å². The molecule has 3 aromatic carbocycles. The molecule has 1 amide bonds. The fourth-order valence-corrected chi connectivity index (χ4v) is 4.55. The molecule has 1 aromatic heterocycles. The van der Waals surface area contributed by atoms with Crippen LogP contribution in [0.4, 0.5) is 5.13 Å². The SMILES string of the molecule is CCOc1ccc(C(=O)N(Cc2ccccc2)c2nc3c(C(C)C)cccc3s2)cc1. The standard InChI is InChI=1S/C26H26N2O2S/c1-4-30-21-15-13-20(14-16-21)25(29)28(17-19-9-6-5-7-10-19)26-27-24-22(18(2)3)11-8-12-23(24)31-26/h5-16,18H,4,17H2,1-3H3. The molecule has 5 heteroatoms. The molecule has 0 fully saturated rings. The Hall–Kier alpha value is -3.18. The number of carbonyl (C=O) groups excluding carboxylic acids is 1. The summed E-state index contributed by atoms with van der Waals surface area (Å²) >= 11 is 1.56. The molecule has 0 spiro atoms. The van der Waals surface area contributed by atoms with Crippen LogP contribution in [0, 0.1) is 0 Å². The molecule has 158 valence electrons. The Morgan fingerprint density at radius 3 is 2.42 bits per heavy atom. The van der Waals surface area contributed by atoms with Gasteiger partial charge in [0.1, 0.15) is 5.75 Å². The van der Waals surface area contributed by atoms with Crippen LogP contribution in [0.25, 0.3) is 10.2 Å². The van der Waals surface area contributed by atoms with Gasteiger partial charge in [-0.25, -0.2) is 4.98 Å². The minimum absolute atomic E-state index is 0.0722. The largest absolute Gasteiger partial charge is 0.494 e. The van der Waals surface area contributed by atoms with Crippen LogP contribution in [0.15, 0.2) is 72.8 Å². The number of fused-ring (bicyclic) bond motifs is 1. The highest BCUT2D eigenvalue weighted by Crippen LogP contribution is 2.34. The van der Waals surface area contributed by atoms with Crippen molar-refractivity contribution in [2.24, 2.45) is 0 Å². The Morgan fingerprint density at radius 1 is 1.00 bits per heavy atom. The number of hydrogen-bond donors (Lipinski definition) is 0. The van der Waals surface area contributed by atoms with Crippen molar-refractivity contribution in [2.45, 2.75) is 33.2 Å². The number of rotatable bonds is 7. The molecule has 0 saturated heterocycles. The van der Waals surface area contributed by atoms with Crippen LogP contribution < -0.4 is 9.64 Å². The van der Waals surface area contributed by atoms with Crippen molar-refractivity contribution in [1.29, 1.82) is 0 Å². The van der Waals surface area contributed by atoms with E-state index in [1.165, 1.54) is 5.56 Å². The number of hydrogen-bond acceptors (Lipinski definition) is 4. The van der Waals surface area contributed by atoms with Gasteiger partial charge in [0.2, 0.25) is 0 Å². The third kappa shape index (κ3) is 4.62. The first-order chi connectivity index (χ1) is 15.1. The van der Waals surface area contributed by atoms with Gasteiger partial charge in [0, 0.05) is 5.56 Å². The monoisotopic (exact) mass is 430 g/mol. The van der Waals surface area contributed by atoms with E-state index >= 15 is 0 Å². The van der Waals surface area contributed by atoms with Crippen molar-refractivity contribution >= 4 is 32.6 Å². The number of thiazole rings is 1. The molecule has 0 bridgehead atoms. The summed E-state index contributed by atoms with van der Waals surface area (Å²) in [6.45, 7) is 7.33. The number of aromatic nitrogens is 1. The normalized spacial score (nSPS) is 11.1. The van der Waals surface area contributed by atoms with E-state index in [1.807, 2.05) is 61.5 Å². The number of nitrogens with zero attached hydrogens (tertiary/aromatic N) is 2. The first-order valence-corrected chi connectivity index (χ1v) is 11.4. The number of para-hydroxylation sites is 1. The van der Waals surface area contributed by atoms with Crippen LogP contribution in [-0.4, -0.2) is 17.5 Å². The molecule has 0 N–H and O–H groups in total. The number of carbonyl (C=O) groups is 1. The Morgan fingerprint density at radius 2 is 1.74 bits per heavy atom. The summed E-state index contributed by atoms with van der Waals surface area (Å²) in [5.74, 6) is 1.05. The first-order valence-electron chi connectivity index (χ1n) is 10.5. The minimum atomic E-state index is -0.0722. The van der Waals surface area contributed by atoms with Crippen molar-refractivity contribution in [3.05, 3.63) is 89.5 Å². The zero-order valence-electron chi connectivity index (χ0n) is 18.0. The average Bonchev–Trinajstić information content (AvgIpc) is 3.22. The van der Waals surface area contributed by atoms with Crippen molar-refractivity contribution in [3.8, 4) is 5.75 Å². The molecular formula is C26H26N2O2S. The minimum Gasteiger partial charge on any atom is -0.494 e. The molecule has 0 saturated carbocycles. The van der Waals surface area contributed by atoms with Crippen LogP contribution in [0.3, 0.4) is 0 Å². The van der Waals surface area contributed by atoms with Crippen LogP contribution in [-0.2, 0) is 6.54 Å². The maximum atomic E-state index is 13.6. The lowest BCUT2D eigenvalue weighted by Crippen LogP contribution is -2.30. The molecule has 0 aliphatic heterocycles. The first kappa shape index (κ1) is 21.1. The second-order valence-corrected chi connectivity index (χ2v) is 8.69. The van der Waals surface area contributed by atoms with Gasteiger partial charge in [-0.1, -0.05) is 67.6 Å². The van der Waals surface area contributed by atoms with Gasteiger partial charge in [0.05, 0.1) is 23.4 Å². The van der Waals surface area contributed by atoms with Crippen molar-refractivity contribution in [3.63, 3.8) is 0 Å². The number of anilines is 1. The predicted octanol–water partition coefficient (Wildman–Crippen LogP) is 6.67. The van der Waals surface area contributed by atoms with Gasteiger partial charge < -0.3 is 4.74 Å². The molecule has 1 heterocycles. The molecular weight excluding hydrogens is 404 g/mol. The lowest BCUT2D eigenvalue weighted by molar-refractivity contribution is 0.0985. The maximum absolute atomic E-state index is 13.6. The molecule has 4 rings (SSSR count). The Labute approximate surface area is 187 Å². The molecule has 0 atom stereocenters. The number of amides is 1. The highest BCUT2D eigenvalue weighted by molar-refractivity contribution is 7.22. The van der Waals surface area contributed by atoms with Crippen molar-refractivity contribution in [1.82, 2.24) is 4.98 Å². The van der Waals surface area contributed by atoms with Gasteiger partial charge in [-0.15, -0.1) is 0 Å². The van der Waals surface area contributed by atoms with E-state index in [9.17, 15) is 4.79 Å². The average molecular weight is 431 g/mol. The zero-order chi connectivity index (χ0) is 21.8. The number of benzene rings is 3. The molecule has 31 heavy (non-hydrogen) atoms.